The van der Waals surface area contributed by atoms with Gasteiger partial charge in [0.05, 0.1) is 25.4 Å². The predicted octanol–water partition coefficient (Wildman–Crippen LogP) is 4.51. The van der Waals surface area contributed by atoms with Gasteiger partial charge in [-0.1, -0.05) is 25.1 Å². The number of rotatable bonds is 7. The SMILES string of the molecule is CCCOc1ccccc1C(C)NC(=O)Nc1ccc(OC)cc1F. The molecule has 0 fully saturated rings. The van der Waals surface area contributed by atoms with Crippen molar-refractivity contribution < 1.29 is 18.7 Å². The fourth-order valence-electron chi connectivity index (χ4n) is 2.34. The van der Waals surface area contributed by atoms with E-state index in [4.69, 9.17) is 9.47 Å². The normalized spacial score (nSPS) is 11.5. The largest absolute Gasteiger partial charge is 0.497 e. The van der Waals surface area contributed by atoms with Crippen LogP contribution in [0, 0.1) is 5.82 Å². The number of benzene rings is 2. The number of amides is 2. The zero-order valence-electron chi connectivity index (χ0n) is 14.6. The van der Waals surface area contributed by atoms with Crippen molar-refractivity contribution in [3.05, 3.63) is 53.8 Å². The first-order valence-electron chi connectivity index (χ1n) is 8.18. The second-order valence-corrected chi connectivity index (χ2v) is 5.55. The highest BCUT2D eigenvalue weighted by Gasteiger charge is 2.15. The van der Waals surface area contributed by atoms with E-state index < -0.39 is 11.8 Å². The van der Waals surface area contributed by atoms with E-state index in [9.17, 15) is 9.18 Å². The van der Waals surface area contributed by atoms with Crippen LogP contribution in [0.4, 0.5) is 14.9 Å². The molecule has 25 heavy (non-hydrogen) atoms. The summed E-state index contributed by atoms with van der Waals surface area (Å²) in [6.45, 7) is 4.48. The number of ether oxygens (including phenoxy) is 2. The van der Waals surface area contributed by atoms with Crippen molar-refractivity contribution in [2.24, 2.45) is 0 Å². The van der Waals surface area contributed by atoms with Gasteiger partial charge in [0.2, 0.25) is 0 Å². The smallest absolute Gasteiger partial charge is 0.319 e. The van der Waals surface area contributed by atoms with Crippen LogP contribution in [0.1, 0.15) is 31.9 Å². The molecule has 0 aliphatic rings. The van der Waals surface area contributed by atoms with Crippen LogP contribution >= 0.6 is 0 Å². The lowest BCUT2D eigenvalue weighted by Crippen LogP contribution is -2.31. The molecule has 2 N–H and O–H groups in total. The molecule has 1 atom stereocenters. The van der Waals surface area contributed by atoms with Crippen molar-refractivity contribution in [2.45, 2.75) is 26.3 Å². The predicted molar refractivity (Wildman–Crippen MR) is 95.7 cm³/mol. The van der Waals surface area contributed by atoms with E-state index in [0.717, 1.165) is 17.7 Å². The van der Waals surface area contributed by atoms with Gasteiger partial charge in [-0.2, -0.15) is 0 Å². The zero-order chi connectivity index (χ0) is 18.2. The minimum atomic E-state index is -0.561. The van der Waals surface area contributed by atoms with Crippen LogP contribution in [0.5, 0.6) is 11.5 Å². The molecular formula is C19H23FN2O3. The number of urea groups is 1. The van der Waals surface area contributed by atoms with Crippen molar-refractivity contribution in [2.75, 3.05) is 19.0 Å². The second kappa shape index (κ2) is 8.92. The van der Waals surface area contributed by atoms with Gasteiger partial charge in [0.1, 0.15) is 17.3 Å². The number of anilines is 1. The average Bonchev–Trinajstić information content (AvgIpc) is 2.61. The van der Waals surface area contributed by atoms with Gasteiger partial charge in [0.15, 0.2) is 0 Å². The lowest BCUT2D eigenvalue weighted by molar-refractivity contribution is 0.248. The van der Waals surface area contributed by atoms with Gasteiger partial charge in [-0.15, -0.1) is 0 Å². The van der Waals surface area contributed by atoms with Crippen LogP contribution < -0.4 is 20.1 Å². The minimum absolute atomic E-state index is 0.0843. The summed E-state index contributed by atoms with van der Waals surface area (Å²) in [5, 5.41) is 5.29. The quantitative estimate of drug-likeness (QED) is 0.776. The average molecular weight is 346 g/mol. The number of nitrogens with one attached hydrogen (secondary N) is 2. The summed E-state index contributed by atoms with van der Waals surface area (Å²) in [5.41, 5.74) is 0.947. The molecule has 0 saturated carbocycles. The first-order chi connectivity index (χ1) is 12.0. The van der Waals surface area contributed by atoms with Crippen molar-refractivity contribution in [3.63, 3.8) is 0 Å². The number of methoxy groups -OCH3 is 1. The number of para-hydroxylation sites is 1. The molecule has 2 aromatic rings. The molecule has 6 heteroatoms. The Morgan fingerprint density at radius 2 is 2.00 bits per heavy atom. The van der Waals surface area contributed by atoms with E-state index in [1.54, 1.807) is 6.07 Å². The summed E-state index contributed by atoms with van der Waals surface area (Å²) >= 11 is 0. The summed E-state index contributed by atoms with van der Waals surface area (Å²) < 4.78 is 24.6. The maximum Gasteiger partial charge on any atom is 0.319 e. The van der Waals surface area contributed by atoms with E-state index in [-0.39, 0.29) is 11.7 Å². The number of halogens is 1. The van der Waals surface area contributed by atoms with Crippen LogP contribution in [0.3, 0.4) is 0 Å². The Hall–Kier alpha value is -2.76. The molecule has 0 spiro atoms. The number of hydrogen-bond donors (Lipinski definition) is 2. The molecule has 0 aliphatic carbocycles. The Bertz CT molecular complexity index is 722. The van der Waals surface area contributed by atoms with E-state index >= 15 is 0 Å². The van der Waals surface area contributed by atoms with E-state index in [1.165, 1.54) is 19.2 Å². The third-order valence-corrected chi connectivity index (χ3v) is 3.62. The van der Waals surface area contributed by atoms with Crippen molar-refractivity contribution in [1.29, 1.82) is 0 Å². The van der Waals surface area contributed by atoms with Crippen molar-refractivity contribution in [3.8, 4) is 11.5 Å². The van der Waals surface area contributed by atoms with Gasteiger partial charge >= 0.3 is 6.03 Å². The molecule has 2 rings (SSSR count). The van der Waals surface area contributed by atoms with Gasteiger partial charge in [0.25, 0.3) is 0 Å². The van der Waals surface area contributed by atoms with Crippen LogP contribution in [0.2, 0.25) is 0 Å². The van der Waals surface area contributed by atoms with Crippen LogP contribution in [0.15, 0.2) is 42.5 Å². The molecule has 134 valence electrons. The number of hydrogen-bond acceptors (Lipinski definition) is 3. The Balaban J connectivity index is 2.03. The van der Waals surface area contributed by atoms with Crippen LogP contribution in [0.25, 0.3) is 0 Å². The van der Waals surface area contributed by atoms with Gasteiger partial charge in [0, 0.05) is 11.6 Å². The fraction of sp³-hybridized carbons (Fsp3) is 0.316. The van der Waals surface area contributed by atoms with Gasteiger partial charge in [-0.05, 0) is 31.5 Å². The maximum absolute atomic E-state index is 13.9. The first-order valence-corrected chi connectivity index (χ1v) is 8.18. The highest BCUT2D eigenvalue weighted by molar-refractivity contribution is 5.89. The Morgan fingerprint density at radius 1 is 1.24 bits per heavy atom. The molecule has 1 unspecified atom stereocenters. The molecule has 0 aromatic heterocycles. The lowest BCUT2D eigenvalue weighted by atomic mass is 10.1. The second-order valence-electron chi connectivity index (χ2n) is 5.55. The Morgan fingerprint density at radius 3 is 2.68 bits per heavy atom. The summed E-state index contributed by atoms with van der Waals surface area (Å²) in [7, 11) is 1.45. The molecule has 0 saturated heterocycles. The van der Waals surface area contributed by atoms with Crippen LogP contribution in [-0.4, -0.2) is 19.7 Å². The maximum atomic E-state index is 13.9. The topological polar surface area (TPSA) is 59.6 Å². The Labute approximate surface area is 147 Å². The number of carbonyl (C=O) groups is 1. The molecule has 5 nitrogen and oxygen atoms in total. The van der Waals surface area contributed by atoms with Gasteiger partial charge in [-0.25, -0.2) is 9.18 Å². The fourth-order valence-corrected chi connectivity index (χ4v) is 2.34. The molecule has 2 aromatic carbocycles. The summed E-state index contributed by atoms with van der Waals surface area (Å²) in [4.78, 5) is 12.2. The zero-order valence-corrected chi connectivity index (χ0v) is 14.6. The summed E-state index contributed by atoms with van der Waals surface area (Å²) in [6.07, 6.45) is 0.896. The third-order valence-electron chi connectivity index (χ3n) is 3.62. The minimum Gasteiger partial charge on any atom is -0.497 e. The molecule has 2 amide bonds. The van der Waals surface area contributed by atoms with Crippen molar-refractivity contribution >= 4 is 11.7 Å². The van der Waals surface area contributed by atoms with E-state index in [2.05, 4.69) is 10.6 Å². The van der Waals surface area contributed by atoms with E-state index in [1.807, 2.05) is 38.1 Å². The Kier molecular flexibility index (Phi) is 6.62. The van der Waals surface area contributed by atoms with Crippen LogP contribution in [-0.2, 0) is 0 Å². The monoisotopic (exact) mass is 346 g/mol. The standard InChI is InChI=1S/C19H23FN2O3/c1-4-11-25-18-8-6-5-7-15(18)13(2)21-19(23)22-17-10-9-14(24-3)12-16(17)20/h5-10,12-13H,4,11H2,1-3H3,(H2,21,22,23). The molecular weight excluding hydrogens is 323 g/mol. The summed E-state index contributed by atoms with van der Waals surface area (Å²) in [6, 6.07) is 11.0. The molecule has 0 heterocycles. The molecule has 0 aliphatic heterocycles. The third kappa shape index (κ3) is 5.11. The van der Waals surface area contributed by atoms with Crippen molar-refractivity contribution in [1.82, 2.24) is 5.32 Å². The molecule has 0 bridgehead atoms. The molecule has 0 radical (unpaired) electrons. The highest BCUT2D eigenvalue weighted by atomic mass is 19.1. The first kappa shape index (κ1) is 18.6. The van der Waals surface area contributed by atoms with E-state index in [0.29, 0.717) is 12.4 Å². The van der Waals surface area contributed by atoms with Gasteiger partial charge < -0.3 is 20.1 Å². The highest BCUT2D eigenvalue weighted by Crippen LogP contribution is 2.25. The number of carbonyl (C=O) groups excluding carboxylic acids is 1. The lowest BCUT2D eigenvalue weighted by Gasteiger charge is -2.18. The summed E-state index contributed by atoms with van der Waals surface area (Å²) in [5.74, 6) is 0.556. The van der Waals surface area contributed by atoms with Gasteiger partial charge in [-0.3, -0.25) is 0 Å².